The van der Waals surface area contributed by atoms with Crippen molar-refractivity contribution in [1.29, 1.82) is 0 Å². The highest BCUT2D eigenvalue weighted by molar-refractivity contribution is 5.84. The van der Waals surface area contributed by atoms with Crippen LogP contribution in [-0.4, -0.2) is 31.1 Å². The molecule has 0 saturated heterocycles. The van der Waals surface area contributed by atoms with Crippen LogP contribution in [0.25, 0.3) is 10.9 Å². The van der Waals surface area contributed by atoms with Gasteiger partial charge in [-0.25, -0.2) is 0 Å². The molecule has 0 amide bonds. The first-order chi connectivity index (χ1) is 10.1. The number of benzene rings is 1. The highest BCUT2D eigenvalue weighted by atomic mass is 15.2. The molecule has 1 aromatic heterocycles. The maximum Gasteiger partial charge on any atom is 0.190 e. The zero-order valence-electron chi connectivity index (χ0n) is 13.5. The van der Waals surface area contributed by atoms with Gasteiger partial charge in [-0.3, -0.25) is 4.99 Å². The number of hydrogen-bond acceptors (Lipinski definition) is 1. The molecule has 1 heterocycles. The van der Waals surface area contributed by atoms with Crippen LogP contribution in [0.5, 0.6) is 0 Å². The molecule has 0 aliphatic rings. The SMILES string of the molecule is CN=C(NCCc1c[nH]c2cc(C)ccc12)NCC(C)C. The Balaban J connectivity index is 1.90. The number of nitrogens with zero attached hydrogens (tertiary/aromatic N) is 1. The van der Waals surface area contributed by atoms with Crippen molar-refractivity contribution in [3.63, 3.8) is 0 Å². The molecular formula is C17H26N4. The Morgan fingerprint density at radius 2 is 2.10 bits per heavy atom. The fourth-order valence-corrected chi connectivity index (χ4v) is 2.34. The van der Waals surface area contributed by atoms with Crippen molar-refractivity contribution in [2.24, 2.45) is 10.9 Å². The molecule has 0 bridgehead atoms. The maximum atomic E-state index is 4.24. The Morgan fingerprint density at radius 3 is 2.81 bits per heavy atom. The number of rotatable bonds is 5. The molecular weight excluding hydrogens is 260 g/mol. The van der Waals surface area contributed by atoms with Crippen LogP contribution in [0.4, 0.5) is 0 Å². The van der Waals surface area contributed by atoms with Crippen molar-refractivity contribution < 1.29 is 0 Å². The second-order valence-corrected chi connectivity index (χ2v) is 5.89. The van der Waals surface area contributed by atoms with E-state index >= 15 is 0 Å². The van der Waals surface area contributed by atoms with E-state index in [1.807, 2.05) is 7.05 Å². The number of nitrogens with one attached hydrogen (secondary N) is 3. The number of guanidine groups is 1. The minimum absolute atomic E-state index is 0.611. The van der Waals surface area contributed by atoms with E-state index in [9.17, 15) is 0 Å². The highest BCUT2D eigenvalue weighted by Gasteiger charge is 2.04. The van der Waals surface area contributed by atoms with Gasteiger partial charge in [0, 0.05) is 37.2 Å². The van der Waals surface area contributed by atoms with Gasteiger partial charge in [0.15, 0.2) is 5.96 Å². The maximum absolute atomic E-state index is 4.24. The highest BCUT2D eigenvalue weighted by Crippen LogP contribution is 2.19. The van der Waals surface area contributed by atoms with E-state index in [-0.39, 0.29) is 0 Å². The van der Waals surface area contributed by atoms with E-state index in [0.29, 0.717) is 5.92 Å². The molecule has 2 rings (SSSR count). The largest absolute Gasteiger partial charge is 0.361 e. The van der Waals surface area contributed by atoms with Crippen LogP contribution in [0.15, 0.2) is 29.4 Å². The van der Waals surface area contributed by atoms with Crippen LogP contribution < -0.4 is 10.6 Å². The van der Waals surface area contributed by atoms with Gasteiger partial charge < -0.3 is 15.6 Å². The third-order valence-corrected chi connectivity index (χ3v) is 3.51. The fraction of sp³-hybridized carbons (Fsp3) is 0.471. The average Bonchev–Trinajstić information content (AvgIpc) is 2.84. The molecule has 0 aliphatic carbocycles. The van der Waals surface area contributed by atoms with Crippen LogP contribution >= 0.6 is 0 Å². The molecule has 0 saturated carbocycles. The summed E-state index contributed by atoms with van der Waals surface area (Å²) in [6.45, 7) is 8.30. The second kappa shape index (κ2) is 7.16. The molecule has 4 heteroatoms. The summed E-state index contributed by atoms with van der Waals surface area (Å²) in [5, 5.41) is 8.00. The van der Waals surface area contributed by atoms with Crippen molar-refractivity contribution in [2.45, 2.75) is 27.2 Å². The van der Waals surface area contributed by atoms with Crippen molar-refractivity contribution >= 4 is 16.9 Å². The van der Waals surface area contributed by atoms with Gasteiger partial charge >= 0.3 is 0 Å². The van der Waals surface area contributed by atoms with Crippen molar-refractivity contribution in [3.8, 4) is 0 Å². The van der Waals surface area contributed by atoms with Gasteiger partial charge in [0.25, 0.3) is 0 Å². The number of fused-ring (bicyclic) bond motifs is 1. The number of aromatic amines is 1. The Kier molecular flexibility index (Phi) is 5.26. The molecule has 0 spiro atoms. The lowest BCUT2D eigenvalue weighted by Crippen LogP contribution is -2.39. The van der Waals surface area contributed by atoms with Crippen LogP contribution in [-0.2, 0) is 6.42 Å². The van der Waals surface area contributed by atoms with Gasteiger partial charge in [0.1, 0.15) is 0 Å². The van der Waals surface area contributed by atoms with Crippen LogP contribution in [0.1, 0.15) is 25.0 Å². The van der Waals surface area contributed by atoms with Crippen LogP contribution in [0, 0.1) is 12.8 Å². The molecule has 0 aliphatic heterocycles. The van der Waals surface area contributed by atoms with Crippen molar-refractivity contribution in [3.05, 3.63) is 35.5 Å². The van der Waals surface area contributed by atoms with E-state index in [4.69, 9.17) is 0 Å². The second-order valence-electron chi connectivity index (χ2n) is 5.89. The summed E-state index contributed by atoms with van der Waals surface area (Å²) in [5.74, 6) is 1.49. The van der Waals surface area contributed by atoms with E-state index in [1.165, 1.54) is 22.0 Å². The van der Waals surface area contributed by atoms with Gasteiger partial charge in [-0.1, -0.05) is 26.0 Å². The molecule has 4 nitrogen and oxygen atoms in total. The Morgan fingerprint density at radius 1 is 1.29 bits per heavy atom. The summed E-state index contributed by atoms with van der Waals surface area (Å²) in [4.78, 5) is 7.59. The van der Waals surface area contributed by atoms with E-state index in [1.54, 1.807) is 0 Å². The number of hydrogen-bond donors (Lipinski definition) is 3. The van der Waals surface area contributed by atoms with Gasteiger partial charge in [-0.15, -0.1) is 0 Å². The molecule has 3 N–H and O–H groups in total. The quantitative estimate of drug-likeness (QED) is 0.585. The van der Waals surface area contributed by atoms with Crippen LogP contribution in [0.2, 0.25) is 0 Å². The van der Waals surface area contributed by atoms with Gasteiger partial charge in [0.05, 0.1) is 0 Å². The minimum Gasteiger partial charge on any atom is -0.361 e. The lowest BCUT2D eigenvalue weighted by Gasteiger charge is -2.13. The third-order valence-electron chi connectivity index (χ3n) is 3.51. The molecule has 2 aromatic rings. The smallest absolute Gasteiger partial charge is 0.190 e. The monoisotopic (exact) mass is 286 g/mol. The first-order valence-electron chi connectivity index (χ1n) is 7.61. The lowest BCUT2D eigenvalue weighted by atomic mass is 10.1. The Hall–Kier alpha value is -1.97. The minimum atomic E-state index is 0.611. The molecule has 0 fully saturated rings. The summed E-state index contributed by atoms with van der Waals surface area (Å²) in [6.07, 6.45) is 3.08. The number of aryl methyl sites for hydroxylation is 1. The van der Waals surface area contributed by atoms with E-state index < -0.39 is 0 Å². The molecule has 114 valence electrons. The predicted octanol–water partition coefficient (Wildman–Crippen LogP) is 2.84. The molecule has 21 heavy (non-hydrogen) atoms. The zero-order chi connectivity index (χ0) is 15.2. The fourth-order valence-electron chi connectivity index (χ4n) is 2.34. The predicted molar refractivity (Wildman–Crippen MR) is 90.9 cm³/mol. The van der Waals surface area contributed by atoms with Crippen molar-refractivity contribution in [2.75, 3.05) is 20.1 Å². The molecule has 1 aromatic carbocycles. The molecule has 0 atom stereocenters. The summed E-state index contributed by atoms with van der Waals surface area (Å²) in [6, 6.07) is 6.55. The van der Waals surface area contributed by atoms with E-state index in [0.717, 1.165) is 25.5 Å². The van der Waals surface area contributed by atoms with Gasteiger partial charge in [0.2, 0.25) is 0 Å². The number of aliphatic imine (C=N–C) groups is 1. The third kappa shape index (κ3) is 4.25. The molecule has 0 unspecified atom stereocenters. The van der Waals surface area contributed by atoms with Gasteiger partial charge in [-0.2, -0.15) is 0 Å². The summed E-state index contributed by atoms with van der Waals surface area (Å²) < 4.78 is 0. The number of aromatic nitrogens is 1. The first-order valence-corrected chi connectivity index (χ1v) is 7.61. The summed E-state index contributed by atoms with van der Waals surface area (Å²) >= 11 is 0. The normalized spacial score (nSPS) is 12.1. The van der Waals surface area contributed by atoms with Crippen LogP contribution in [0.3, 0.4) is 0 Å². The molecule has 0 radical (unpaired) electrons. The average molecular weight is 286 g/mol. The van der Waals surface area contributed by atoms with Crippen molar-refractivity contribution in [1.82, 2.24) is 15.6 Å². The Bertz CT molecular complexity index is 610. The first kappa shape index (κ1) is 15.4. The summed E-state index contributed by atoms with van der Waals surface area (Å²) in [7, 11) is 1.81. The van der Waals surface area contributed by atoms with E-state index in [2.05, 4.69) is 65.8 Å². The lowest BCUT2D eigenvalue weighted by molar-refractivity contribution is 0.614. The Labute approximate surface area is 127 Å². The van der Waals surface area contributed by atoms with Gasteiger partial charge in [-0.05, 0) is 36.5 Å². The standard InChI is InChI=1S/C17H26N4/c1-12(2)10-21-17(18-4)19-8-7-14-11-20-16-9-13(3)5-6-15(14)16/h5-6,9,11-12,20H,7-8,10H2,1-4H3,(H2,18,19,21). The topological polar surface area (TPSA) is 52.2 Å². The number of H-pyrrole nitrogens is 1. The zero-order valence-corrected chi connectivity index (χ0v) is 13.5. The summed E-state index contributed by atoms with van der Waals surface area (Å²) in [5.41, 5.74) is 3.84.